The average Bonchev–Trinajstić information content (AvgIpc) is 2.82. The molecule has 0 saturated carbocycles. The van der Waals surface area contributed by atoms with Gasteiger partial charge in [0.25, 0.3) is 0 Å². The molecule has 1 aliphatic heterocycles. The molecular weight excluding hydrogens is 219 g/mol. The second kappa shape index (κ2) is 5.98. The number of nitrogens with one attached hydrogen (secondary N) is 2. The van der Waals surface area contributed by atoms with Gasteiger partial charge in [0, 0.05) is 12.6 Å². The molecule has 1 aromatic carbocycles. The lowest BCUT2D eigenvalue weighted by atomic mass is 10.1. The number of ether oxygens (including phenoxy) is 1. The van der Waals surface area contributed by atoms with Crippen LogP contribution >= 0.6 is 0 Å². The first-order valence-corrected chi connectivity index (χ1v) is 6.06. The quantitative estimate of drug-likeness (QED) is 0.812. The maximum atomic E-state index is 13.1. The Morgan fingerprint density at radius 3 is 3.12 bits per heavy atom. The third-order valence-electron chi connectivity index (χ3n) is 3.13. The Kier molecular flexibility index (Phi) is 4.34. The highest BCUT2D eigenvalue weighted by Gasteiger charge is 2.13. The van der Waals surface area contributed by atoms with E-state index in [0.29, 0.717) is 6.04 Å². The van der Waals surface area contributed by atoms with Gasteiger partial charge in [-0.2, -0.15) is 0 Å². The third-order valence-corrected chi connectivity index (χ3v) is 3.13. The lowest BCUT2D eigenvalue weighted by Crippen LogP contribution is -2.32. The van der Waals surface area contributed by atoms with E-state index in [2.05, 4.69) is 10.6 Å². The van der Waals surface area contributed by atoms with Crippen molar-refractivity contribution >= 4 is 0 Å². The van der Waals surface area contributed by atoms with Crippen molar-refractivity contribution in [3.8, 4) is 5.75 Å². The number of hydrogen-bond acceptors (Lipinski definition) is 3. The van der Waals surface area contributed by atoms with E-state index in [0.717, 1.165) is 37.4 Å². The minimum atomic E-state index is -0.205. The zero-order valence-corrected chi connectivity index (χ0v) is 10.1. The van der Waals surface area contributed by atoms with Gasteiger partial charge >= 0.3 is 0 Å². The van der Waals surface area contributed by atoms with E-state index in [9.17, 15) is 4.39 Å². The largest absolute Gasteiger partial charge is 0.496 e. The van der Waals surface area contributed by atoms with Gasteiger partial charge < -0.3 is 15.4 Å². The zero-order valence-electron chi connectivity index (χ0n) is 10.1. The molecule has 17 heavy (non-hydrogen) atoms. The highest BCUT2D eigenvalue weighted by atomic mass is 19.1. The number of methoxy groups -OCH3 is 1. The van der Waals surface area contributed by atoms with Gasteiger partial charge in [0.2, 0.25) is 0 Å². The normalized spacial score (nSPS) is 19.5. The number of halogens is 1. The van der Waals surface area contributed by atoms with E-state index in [1.54, 1.807) is 19.2 Å². The lowest BCUT2D eigenvalue weighted by Gasteiger charge is -2.12. The van der Waals surface area contributed by atoms with E-state index in [1.165, 1.54) is 12.5 Å². The molecule has 1 aromatic rings. The highest BCUT2D eigenvalue weighted by Crippen LogP contribution is 2.19. The second-order valence-electron chi connectivity index (χ2n) is 4.35. The zero-order chi connectivity index (χ0) is 12.1. The number of rotatable bonds is 5. The standard InChI is InChI=1S/C13H19FN2O/c1-17-13-3-2-11(14)8-10(13)4-7-16-12-5-6-15-9-12/h2-3,8,12,15-16H,4-7,9H2,1H3. The predicted molar refractivity (Wildman–Crippen MR) is 65.9 cm³/mol. The van der Waals surface area contributed by atoms with Crippen LogP contribution in [0.1, 0.15) is 12.0 Å². The monoisotopic (exact) mass is 238 g/mol. The van der Waals surface area contributed by atoms with Gasteiger partial charge in [-0.25, -0.2) is 4.39 Å². The Morgan fingerprint density at radius 2 is 2.41 bits per heavy atom. The van der Waals surface area contributed by atoms with Gasteiger partial charge in [-0.05, 0) is 49.7 Å². The summed E-state index contributed by atoms with van der Waals surface area (Å²) in [5, 5.41) is 6.77. The molecule has 0 aliphatic carbocycles. The van der Waals surface area contributed by atoms with Crippen LogP contribution in [0.2, 0.25) is 0 Å². The summed E-state index contributed by atoms with van der Waals surface area (Å²) < 4.78 is 18.3. The maximum Gasteiger partial charge on any atom is 0.123 e. The van der Waals surface area contributed by atoms with Crippen molar-refractivity contribution < 1.29 is 9.13 Å². The molecule has 1 atom stereocenters. The molecule has 1 unspecified atom stereocenters. The second-order valence-corrected chi connectivity index (χ2v) is 4.35. The molecule has 4 heteroatoms. The molecule has 2 rings (SSSR count). The molecule has 0 bridgehead atoms. The van der Waals surface area contributed by atoms with Gasteiger partial charge in [0.1, 0.15) is 11.6 Å². The van der Waals surface area contributed by atoms with Crippen molar-refractivity contribution in [3.63, 3.8) is 0 Å². The fourth-order valence-corrected chi connectivity index (χ4v) is 2.18. The van der Waals surface area contributed by atoms with Crippen LogP contribution in [0.4, 0.5) is 4.39 Å². The Morgan fingerprint density at radius 1 is 1.53 bits per heavy atom. The van der Waals surface area contributed by atoms with Gasteiger partial charge in [-0.15, -0.1) is 0 Å². The molecular formula is C13H19FN2O. The van der Waals surface area contributed by atoms with Crippen LogP contribution in [-0.2, 0) is 6.42 Å². The van der Waals surface area contributed by atoms with Crippen molar-refractivity contribution in [1.82, 2.24) is 10.6 Å². The molecule has 0 radical (unpaired) electrons. The summed E-state index contributed by atoms with van der Waals surface area (Å²) in [6.07, 6.45) is 1.96. The minimum Gasteiger partial charge on any atom is -0.496 e. The first-order chi connectivity index (χ1) is 8.29. The number of benzene rings is 1. The first-order valence-electron chi connectivity index (χ1n) is 6.06. The van der Waals surface area contributed by atoms with Crippen molar-refractivity contribution in [2.45, 2.75) is 18.9 Å². The molecule has 1 heterocycles. The topological polar surface area (TPSA) is 33.3 Å². The van der Waals surface area contributed by atoms with E-state index in [4.69, 9.17) is 4.74 Å². The van der Waals surface area contributed by atoms with Crippen LogP contribution in [0.5, 0.6) is 5.75 Å². The molecule has 3 nitrogen and oxygen atoms in total. The summed E-state index contributed by atoms with van der Waals surface area (Å²) in [6.45, 7) is 2.97. The van der Waals surface area contributed by atoms with E-state index in [1.807, 2.05) is 0 Å². The minimum absolute atomic E-state index is 0.205. The maximum absolute atomic E-state index is 13.1. The van der Waals surface area contributed by atoms with Gasteiger partial charge in [-0.3, -0.25) is 0 Å². The van der Waals surface area contributed by atoms with Gasteiger partial charge in [0.05, 0.1) is 7.11 Å². The van der Waals surface area contributed by atoms with Crippen molar-refractivity contribution in [2.24, 2.45) is 0 Å². The first kappa shape index (κ1) is 12.3. The molecule has 0 amide bonds. The molecule has 1 fully saturated rings. The molecule has 94 valence electrons. The van der Waals surface area contributed by atoms with Crippen LogP contribution in [-0.4, -0.2) is 32.8 Å². The van der Waals surface area contributed by atoms with E-state index < -0.39 is 0 Å². The van der Waals surface area contributed by atoms with Crippen molar-refractivity contribution in [3.05, 3.63) is 29.6 Å². The molecule has 1 aliphatic rings. The third kappa shape index (κ3) is 3.41. The Labute approximate surface area is 101 Å². The van der Waals surface area contributed by atoms with Crippen LogP contribution in [0, 0.1) is 5.82 Å². The van der Waals surface area contributed by atoms with E-state index in [-0.39, 0.29) is 5.82 Å². The Bertz CT molecular complexity index is 364. The smallest absolute Gasteiger partial charge is 0.123 e. The fourth-order valence-electron chi connectivity index (χ4n) is 2.18. The molecule has 1 saturated heterocycles. The van der Waals surface area contributed by atoms with Crippen molar-refractivity contribution in [1.29, 1.82) is 0 Å². The summed E-state index contributed by atoms with van der Waals surface area (Å²) in [5.74, 6) is 0.557. The van der Waals surface area contributed by atoms with Crippen LogP contribution in [0.3, 0.4) is 0 Å². The SMILES string of the molecule is COc1ccc(F)cc1CCNC1CCNC1. The van der Waals surface area contributed by atoms with Crippen LogP contribution in [0.15, 0.2) is 18.2 Å². The van der Waals surface area contributed by atoms with Gasteiger partial charge in [0.15, 0.2) is 0 Å². The number of hydrogen-bond donors (Lipinski definition) is 2. The van der Waals surface area contributed by atoms with Crippen LogP contribution in [0.25, 0.3) is 0 Å². The molecule has 2 N–H and O–H groups in total. The molecule has 0 spiro atoms. The fraction of sp³-hybridized carbons (Fsp3) is 0.538. The summed E-state index contributed by atoms with van der Waals surface area (Å²) in [7, 11) is 1.62. The average molecular weight is 238 g/mol. The van der Waals surface area contributed by atoms with Crippen molar-refractivity contribution in [2.75, 3.05) is 26.7 Å². The van der Waals surface area contributed by atoms with Crippen LogP contribution < -0.4 is 15.4 Å². The Hall–Kier alpha value is -1.13. The summed E-state index contributed by atoms with van der Waals surface area (Å²) >= 11 is 0. The highest BCUT2D eigenvalue weighted by molar-refractivity contribution is 5.34. The summed E-state index contributed by atoms with van der Waals surface area (Å²) in [6, 6.07) is 5.21. The Balaban J connectivity index is 1.86. The molecule has 0 aromatic heterocycles. The van der Waals surface area contributed by atoms with Gasteiger partial charge in [-0.1, -0.05) is 0 Å². The summed E-state index contributed by atoms with van der Waals surface area (Å²) in [5.41, 5.74) is 0.922. The van der Waals surface area contributed by atoms with E-state index >= 15 is 0 Å². The summed E-state index contributed by atoms with van der Waals surface area (Å²) in [4.78, 5) is 0. The lowest BCUT2D eigenvalue weighted by molar-refractivity contribution is 0.407. The predicted octanol–water partition coefficient (Wildman–Crippen LogP) is 1.33.